The van der Waals surface area contributed by atoms with Crippen molar-refractivity contribution in [3.63, 3.8) is 0 Å². The fraction of sp³-hybridized carbons (Fsp3) is 0.480. The van der Waals surface area contributed by atoms with E-state index in [2.05, 4.69) is 32.3 Å². The van der Waals surface area contributed by atoms with Crippen LogP contribution in [-0.2, 0) is 16.6 Å². The summed E-state index contributed by atoms with van der Waals surface area (Å²) in [7, 11) is 3.97. The van der Waals surface area contributed by atoms with E-state index in [1.165, 1.54) is 0 Å². The summed E-state index contributed by atoms with van der Waals surface area (Å²) in [5.74, 6) is 0.437. The van der Waals surface area contributed by atoms with Gasteiger partial charge in [0.15, 0.2) is 0 Å². The molecule has 2 aromatic heterocycles. The number of nitrogens with one attached hydrogen (secondary N) is 1. The third kappa shape index (κ3) is 4.79. The van der Waals surface area contributed by atoms with Gasteiger partial charge in [0.1, 0.15) is 0 Å². The molecule has 0 atom stereocenters. The van der Waals surface area contributed by atoms with Gasteiger partial charge in [-0.15, -0.1) is 0 Å². The third-order valence-corrected chi connectivity index (χ3v) is 7.12. The molecule has 178 valence electrons. The van der Waals surface area contributed by atoms with Gasteiger partial charge in [-0.1, -0.05) is 12.1 Å². The van der Waals surface area contributed by atoms with Crippen LogP contribution in [0.2, 0.25) is 0 Å². The van der Waals surface area contributed by atoms with Crippen molar-refractivity contribution in [1.29, 1.82) is 0 Å². The Bertz CT molecular complexity index is 1190. The molecule has 1 saturated carbocycles. The van der Waals surface area contributed by atoms with E-state index < -0.39 is 0 Å². The molecule has 0 spiro atoms. The van der Waals surface area contributed by atoms with Crippen LogP contribution < -0.4 is 5.32 Å². The molecular formula is C25H31N7O2. The molecule has 1 N–H and O–H groups in total. The zero-order valence-electron chi connectivity index (χ0n) is 19.8. The molecule has 0 unspecified atom stereocenters. The number of aryl methyl sites for hydroxylation is 1. The van der Waals surface area contributed by atoms with Crippen LogP contribution in [0.3, 0.4) is 0 Å². The van der Waals surface area contributed by atoms with Gasteiger partial charge < -0.3 is 9.80 Å². The van der Waals surface area contributed by atoms with E-state index in [4.69, 9.17) is 0 Å². The highest BCUT2D eigenvalue weighted by Crippen LogP contribution is 2.31. The number of aromatic nitrogens is 4. The highest BCUT2D eigenvalue weighted by atomic mass is 16.2. The van der Waals surface area contributed by atoms with E-state index in [-0.39, 0.29) is 23.7 Å². The number of hydrogen-bond acceptors (Lipinski definition) is 6. The average molecular weight is 462 g/mol. The molecule has 5 rings (SSSR count). The monoisotopic (exact) mass is 461 g/mol. The molecule has 1 aliphatic carbocycles. The van der Waals surface area contributed by atoms with Gasteiger partial charge >= 0.3 is 0 Å². The van der Waals surface area contributed by atoms with Crippen molar-refractivity contribution < 1.29 is 9.59 Å². The van der Waals surface area contributed by atoms with E-state index >= 15 is 0 Å². The molecule has 1 aromatic carbocycles. The van der Waals surface area contributed by atoms with Gasteiger partial charge in [0.2, 0.25) is 17.8 Å². The summed E-state index contributed by atoms with van der Waals surface area (Å²) < 4.78 is 1.76. The van der Waals surface area contributed by atoms with Gasteiger partial charge in [0, 0.05) is 68.4 Å². The van der Waals surface area contributed by atoms with E-state index in [9.17, 15) is 9.59 Å². The van der Waals surface area contributed by atoms with Crippen LogP contribution in [0, 0.1) is 11.8 Å². The van der Waals surface area contributed by atoms with E-state index in [1.807, 2.05) is 42.5 Å². The number of fused-ring (bicyclic) bond motifs is 1. The average Bonchev–Trinajstić information content (AvgIpc) is 3.30. The minimum Gasteiger partial charge on any atom is -0.340 e. The standard InChI is InChI=1S/C25H31N7O2/c1-30-9-11-32(12-10-30)24(34)18-5-3-17(4-6-18)23(33)29-25-26-14-20-8-7-19(13-22(20)28-25)21-15-27-31(2)16-21/h7-8,13-18H,3-6,9-12H2,1-2H3,(H,26,28,29,33). The normalized spacial score (nSPS) is 21.5. The molecule has 1 aliphatic heterocycles. The quantitative estimate of drug-likeness (QED) is 0.642. The number of amides is 2. The second kappa shape index (κ2) is 9.50. The van der Waals surface area contributed by atoms with Crippen molar-refractivity contribution in [2.75, 3.05) is 38.5 Å². The lowest BCUT2D eigenvalue weighted by atomic mass is 9.81. The van der Waals surface area contributed by atoms with Crippen LogP contribution in [0.15, 0.2) is 36.8 Å². The first-order valence-electron chi connectivity index (χ1n) is 12.0. The van der Waals surface area contributed by atoms with Crippen molar-refractivity contribution in [3.8, 4) is 11.1 Å². The van der Waals surface area contributed by atoms with Crippen LogP contribution in [0.1, 0.15) is 25.7 Å². The molecule has 2 fully saturated rings. The van der Waals surface area contributed by atoms with E-state index in [0.29, 0.717) is 18.8 Å². The SMILES string of the molecule is CN1CCN(C(=O)C2CCC(C(=O)Nc3ncc4ccc(-c5cnn(C)c5)cc4n3)CC2)CC1. The number of benzene rings is 1. The van der Waals surface area contributed by atoms with Crippen molar-refractivity contribution in [3.05, 3.63) is 36.8 Å². The van der Waals surface area contributed by atoms with Gasteiger partial charge in [-0.25, -0.2) is 9.97 Å². The van der Waals surface area contributed by atoms with Crippen molar-refractivity contribution >= 4 is 28.7 Å². The van der Waals surface area contributed by atoms with Crippen LogP contribution in [0.4, 0.5) is 5.95 Å². The fourth-order valence-corrected chi connectivity index (χ4v) is 4.93. The number of carbonyl (C=O) groups excluding carboxylic acids is 2. The largest absolute Gasteiger partial charge is 0.340 e. The lowest BCUT2D eigenvalue weighted by molar-refractivity contribution is -0.139. The number of rotatable bonds is 4. The Morgan fingerprint density at radius 1 is 0.941 bits per heavy atom. The van der Waals surface area contributed by atoms with Crippen LogP contribution in [0.25, 0.3) is 22.0 Å². The van der Waals surface area contributed by atoms with Gasteiger partial charge in [0.05, 0.1) is 11.7 Å². The van der Waals surface area contributed by atoms with Gasteiger partial charge in [-0.3, -0.25) is 19.6 Å². The summed E-state index contributed by atoms with van der Waals surface area (Å²) in [6.07, 6.45) is 8.46. The Labute approximate surface area is 199 Å². The zero-order valence-corrected chi connectivity index (χ0v) is 19.8. The number of nitrogens with zero attached hydrogens (tertiary/aromatic N) is 6. The Morgan fingerprint density at radius 3 is 2.38 bits per heavy atom. The van der Waals surface area contributed by atoms with Crippen LogP contribution >= 0.6 is 0 Å². The second-order valence-corrected chi connectivity index (χ2v) is 9.54. The van der Waals surface area contributed by atoms with Crippen molar-refractivity contribution in [1.82, 2.24) is 29.5 Å². The predicted octanol–water partition coefficient (Wildman–Crippen LogP) is 2.55. The minimum absolute atomic E-state index is 0.0373. The molecule has 1 saturated heterocycles. The molecule has 9 nitrogen and oxygen atoms in total. The van der Waals surface area contributed by atoms with Crippen LogP contribution in [0.5, 0.6) is 0 Å². The van der Waals surface area contributed by atoms with E-state index in [1.54, 1.807) is 10.9 Å². The van der Waals surface area contributed by atoms with Gasteiger partial charge in [-0.05, 0) is 44.4 Å². The smallest absolute Gasteiger partial charge is 0.229 e. The second-order valence-electron chi connectivity index (χ2n) is 9.54. The molecule has 34 heavy (non-hydrogen) atoms. The highest BCUT2D eigenvalue weighted by Gasteiger charge is 2.33. The predicted molar refractivity (Wildman–Crippen MR) is 130 cm³/mol. The molecule has 3 aromatic rings. The molecule has 2 amide bonds. The Kier molecular flexibility index (Phi) is 6.28. The lowest BCUT2D eigenvalue weighted by Crippen LogP contribution is -2.49. The Morgan fingerprint density at radius 2 is 1.68 bits per heavy atom. The number of likely N-dealkylation sites (N-methyl/N-ethyl adjacent to an activating group) is 1. The topological polar surface area (TPSA) is 96.3 Å². The highest BCUT2D eigenvalue weighted by molar-refractivity contribution is 5.92. The van der Waals surface area contributed by atoms with Crippen LogP contribution in [-0.4, -0.2) is 74.6 Å². The summed E-state index contributed by atoms with van der Waals surface area (Å²) in [5.41, 5.74) is 2.80. The first kappa shape index (κ1) is 22.5. The van der Waals surface area contributed by atoms with Gasteiger partial charge in [-0.2, -0.15) is 5.10 Å². The first-order chi connectivity index (χ1) is 16.5. The fourth-order valence-electron chi connectivity index (χ4n) is 4.93. The minimum atomic E-state index is -0.113. The maximum Gasteiger partial charge on any atom is 0.229 e. The molecule has 2 aliphatic rings. The number of carbonyl (C=O) groups is 2. The molecule has 3 heterocycles. The number of anilines is 1. The van der Waals surface area contributed by atoms with Crippen molar-refractivity contribution in [2.24, 2.45) is 18.9 Å². The Balaban J connectivity index is 1.20. The molecular weight excluding hydrogens is 430 g/mol. The van der Waals surface area contributed by atoms with Gasteiger partial charge in [0.25, 0.3) is 0 Å². The summed E-state index contributed by atoms with van der Waals surface area (Å²) in [6, 6.07) is 5.98. The first-order valence-corrected chi connectivity index (χ1v) is 12.0. The molecule has 9 heteroatoms. The zero-order chi connectivity index (χ0) is 23.7. The third-order valence-electron chi connectivity index (χ3n) is 7.12. The maximum atomic E-state index is 12.9. The summed E-state index contributed by atoms with van der Waals surface area (Å²) in [5, 5.41) is 8.04. The maximum absolute atomic E-state index is 12.9. The molecule has 0 bridgehead atoms. The number of hydrogen-bond donors (Lipinski definition) is 1. The summed E-state index contributed by atoms with van der Waals surface area (Å²) in [4.78, 5) is 38.9. The van der Waals surface area contributed by atoms with Crippen molar-refractivity contribution in [2.45, 2.75) is 25.7 Å². The molecule has 0 radical (unpaired) electrons. The number of piperazine rings is 1. The summed E-state index contributed by atoms with van der Waals surface area (Å²) >= 11 is 0. The summed E-state index contributed by atoms with van der Waals surface area (Å²) in [6.45, 7) is 3.47. The van der Waals surface area contributed by atoms with E-state index in [0.717, 1.165) is 61.1 Å². The lowest BCUT2D eigenvalue weighted by Gasteiger charge is -2.36. The Hall–Kier alpha value is -3.33.